The van der Waals surface area contributed by atoms with Crippen molar-refractivity contribution in [3.8, 4) is 0 Å². The number of ether oxygens (including phenoxy) is 2. The van der Waals surface area contributed by atoms with Gasteiger partial charge >= 0.3 is 0 Å². The summed E-state index contributed by atoms with van der Waals surface area (Å²) in [7, 11) is 0. The van der Waals surface area contributed by atoms with Crippen molar-refractivity contribution in [3.05, 3.63) is 0 Å². The standard InChI is InChI=1S/C13H26N2O2/c1-11-12(4-7-17-11)14-10-13(2,3)15-5-8-16-9-6-15/h11-12,14H,4-10H2,1-3H3. The summed E-state index contributed by atoms with van der Waals surface area (Å²) in [5, 5.41) is 3.66. The minimum atomic E-state index is 0.200. The highest BCUT2D eigenvalue weighted by Crippen LogP contribution is 2.18. The first-order chi connectivity index (χ1) is 8.09. The molecule has 4 heteroatoms. The lowest BCUT2D eigenvalue weighted by Gasteiger charge is -2.41. The van der Waals surface area contributed by atoms with Gasteiger partial charge in [0.25, 0.3) is 0 Å². The molecule has 2 unspecified atom stereocenters. The van der Waals surface area contributed by atoms with Crippen molar-refractivity contribution in [1.82, 2.24) is 10.2 Å². The molecule has 1 N–H and O–H groups in total. The topological polar surface area (TPSA) is 33.7 Å². The fraction of sp³-hybridized carbons (Fsp3) is 1.00. The van der Waals surface area contributed by atoms with Crippen LogP contribution in [0.4, 0.5) is 0 Å². The van der Waals surface area contributed by atoms with Gasteiger partial charge in [-0.1, -0.05) is 0 Å². The molecule has 0 aromatic rings. The monoisotopic (exact) mass is 242 g/mol. The molecule has 2 heterocycles. The Morgan fingerprint density at radius 2 is 1.94 bits per heavy atom. The highest BCUT2D eigenvalue weighted by Gasteiger charge is 2.31. The van der Waals surface area contributed by atoms with Crippen molar-refractivity contribution >= 4 is 0 Å². The van der Waals surface area contributed by atoms with E-state index >= 15 is 0 Å². The number of nitrogens with one attached hydrogen (secondary N) is 1. The summed E-state index contributed by atoms with van der Waals surface area (Å²) in [6, 6.07) is 0.523. The van der Waals surface area contributed by atoms with Gasteiger partial charge in [0.05, 0.1) is 19.3 Å². The van der Waals surface area contributed by atoms with Crippen LogP contribution < -0.4 is 5.32 Å². The third-order valence-electron chi connectivity index (χ3n) is 4.04. The number of nitrogens with zero attached hydrogens (tertiary/aromatic N) is 1. The molecule has 100 valence electrons. The summed E-state index contributed by atoms with van der Waals surface area (Å²) < 4.78 is 11.0. The summed E-state index contributed by atoms with van der Waals surface area (Å²) >= 11 is 0. The number of morpholine rings is 1. The molecule has 2 aliphatic rings. The molecule has 0 amide bonds. The normalized spacial score (nSPS) is 31.9. The van der Waals surface area contributed by atoms with Gasteiger partial charge in [-0.15, -0.1) is 0 Å². The zero-order chi connectivity index (χ0) is 12.3. The summed E-state index contributed by atoms with van der Waals surface area (Å²) in [5.74, 6) is 0. The maximum atomic E-state index is 5.58. The second-order valence-corrected chi connectivity index (χ2v) is 5.76. The van der Waals surface area contributed by atoms with Crippen LogP contribution in [0.2, 0.25) is 0 Å². The predicted octanol–water partition coefficient (Wildman–Crippen LogP) is 0.864. The van der Waals surface area contributed by atoms with Gasteiger partial charge in [-0.05, 0) is 27.2 Å². The lowest BCUT2D eigenvalue weighted by atomic mass is 10.0. The molecule has 2 fully saturated rings. The molecule has 0 aliphatic carbocycles. The van der Waals surface area contributed by atoms with Gasteiger partial charge < -0.3 is 14.8 Å². The molecule has 0 saturated carbocycles. The van der Waals surface area contributed by atoms with E-state index in [-0.39, 0.29) is 5.54 Å². The number of hydrogen-bond donors (Lipinski definition) is 1. The third-order valence-corrected chi connectivity index (χ3v) is 4.04. The molecule has 4 nitrogen and oxygen atoms in total. The quantitative estimate of drug-likeness (QED) is 0.793. The Bertz CT molecular complexity index is 240. The van der Waals surface area contributed by atoms with Gasteiger partial charge in [0.2, 0.25) is 0 Å². The minimum absolute atomic E-state index is 0.200. The van der Waals surface area contributed by atoms with Crippen molar-refractivity contribution in [1.29, 1.82) is 0 Å². The van der Waals surface area contributed by atoms with Crippen LogP contribution in [0.25, 0.3) is 0 Å². The van der Waals surface area contributed by atoms with Crippen molar-refractivity contribution < 1.29 is 9.47 Å². The molecule has 2 atom stereocenters. The van der Waals surface area contributed by atoms with Crippen molar-refractivity contribution in [3.63, 3.8) is 0 Å². The lowest BCUT2D eigenvalue weighted by molar-refractivity contribution is -0.0111. The van der Waals surface area contributed by atoms with Crippen LogP contribution in [0.1, 0.15) is 27.2 Å². The molecule has 0 spiro atoms. The van der Waals surface area contributed by atoms with Crippen LogP contribution >= 0.6 is 0 Å². The maximum absolute atomic E-state index is 5.58. The second-order valence-electron chi connectivity index (χ2n) is 5.76. The number of rotatable bonds is 4. The van der Waals surface area contributed by atoms with Gasteiger partial charge in [-0.25, -0.2) is 0 Å². The highest BCUT2D eigenvalue weighted by atomic mass is 16.5. The molecular weight excluding hydrogens is 216 g/mol. The third kappa shape index (κ3) is 3.41. The fourth-order valence-electron chi connectivity index (χ4n) is 2.66. The SMILES string of the molecule is CC1OCCC1NCC(C)(C)N1CCOCC1. The summed E-state index contributed by atoms with van der Waals surface area (Å²) in [6.07, 6.45) is 1.50. The fourth-order valence-corrected chi connectivity index (χ4v) is 2.66. The van der Waals surface area contributed by atoms with Crippen LogP contribution in [-0.4, -0.2) is 62.0 Å². The Hall–Kier alpha value is -0.160. The molecule has 2 saturated heterocycles. The molecule has 0 aromatic carbocycles. The van der Waals surface area contributed by atoms with Crippen molar-refractivity contribution in [2.45, 2.75) is 44.9 Å². The van der Waals surface area contributed by atoms with Crippen molar-refractivity contribution in [2.24, 2.45) is 0 Å². The van der Waals surface area contributed by atoms with E-state index in [9.17, 15) is 0 Å². The van der Waals surface area contributed by atoms with Gasteiger partial charge in [0.1, 0.15) is 0 Å². The average molecular weight is 242 g/mol. The van der Waals surface area contributed by atoms with Gasteiger partial charge in [-0.3, -0.25) is 4.90 Å². The Morgan fingerprint density at radius 3 is 2.53 bits per heavy atom. The highest BCUT2D eigenvalue weighted by molar-refractivity contribution is 4.88. The second kappa shape index (κ2) is 5.65. The van der Waals surface area contributed by atoms with E-state index in [1.165, 1.54) is 0 Å². The molecule has 2 aliphatic heterocycles. The zero-order valence-corrected chi connectivity index (χ0v) is 11.4. The number of hydrogen-bond acceptors (Lipinski definition) is 4. The predicted molar refractivity (Wildman–Crippen MR) is 68.3 cm³/mol. The van der Waals surface area contributed by atoms with E-state index in [2.05, 4.69) is 31.0 Å². The van der Waals surface area contributed by atoms with Crippen LogP contribution in [0.3, 0.4) is 0 Å². The van der Waals surface area contributed by atoms with Crippen LogP contribution in [0, 0.1) is 0 Å². The summed E-state index contributed by atoms with van der Waals surface area (Å²) in [6.45, 7) is 12.5. The Labute approximate surface area is 105 Å². The average Bonchev–Trinajstić information content (AvgIpc) is 2.74. The Morgan fingerprint density at radius 1 is 1.24 bits per heavy atom. The Kier molecular flexibility index (Phi) is 4.42. The summed E-state index contributed by atoms with van der Waals surface area (Å²) in [5.41, 5.74) is 0.200. The minimum Gasteiger partial charge on any atom is -0.379 e. The van der Waals surface area contributed by atoms with E-state index in [0.717, 1.165) is 45.9 Å². The van der Waals surface area contributed by atoms with Crippen LogP contribution in [0.5, 0.6) is 0 Å². The lowest BCUT2D eigenvalue weighted by Crippen LogP contribution is -2.56. The van der Waals surface area contributed by atoms with E-state index in [4.69, 9.17) is 9.47 Å². The van der Waals surface area contributed by atoms with E-state index in [0.29, 0.717) is 12.1 Å². The molecule has 0 radical (unpaired) electrons. The molecule has 0 bridgehead atoms. The molecular formula is C13H26N2O2. The Balaban J connectivity index is 1.79. The van der Waals surface area contributed by atoms with Gasteiger partial charge in [0, 0.05) is 37.8 Å². The molecule has 2 rings (SSSR count). The smallest absolute Gasteiger partial charge is 0.0700 e. The first-order valence-electron chi connectivity index (χ1n) is 6.77. The van der Waals surface area contributed by atoms with Crippen molar-refractivity contribution in [2.75, 3.05) is 39.5 Å². The maximum Gasteiger partial charge on any atom is 0.0700 e. The van der Waals surface area contributed by atoms with Crippen LogP contribution in [0.15, 0.2) is 0 Å². The molecule has 0 aromatic heterocycles. The first-order valence-corrected chi connectivity index (χ1v) is 6.77. The van der Waals surface area contributed by atoms with E-state index in [1.807, 2.05) is 0 Å². The molecule has 17 heavy (non-hydrogen) atoms. The largest absolute Gasteiger partial charge is 0.379 e. The van der Waals surface area contributed by atoms with Crippen LogP contribution in [-0.2, 0) is 9.47 Å². The zero-order valence-electron chi connectivity index (χ0n) is 11.4. The van der Waals surface area contributed by atoms with E-state index < -0.39 is 0 Å². The first kappa shape index (κ1) is 13.3. The summed E-state index contributed by atoms with van der Waals surface area (Å²) in [4.78, 5) is 2.52. The van der Waals surface area contributed by atoms with Gasteiger partial charge in [-0.2, -0.15) is 0 Å². The van der Waals surface area contributed by atoms with E-state index in [1.54, 1.807) is 0 Å². The van der Waals surface area contributed by atoms with Gasteiger partial charge in [0.15, 0.2) is 0 Å².